The van der Waals surface area contributed by atoms with Crippen LogP contribution >= 0.6 is 11.6 Å². The number of aromatic nitrogens is 1. The molecule has 0 bridgehead atoms. The molecule has 9 heteroatoms. The zero-order chi connectivity index (χ0) is 24.0. The monoisotopic (exact) mass is 483 g/mol. The maximum Gasteiger partial charge on any atom is 0.243 e. The quantitative estimate of drug-likeness (QED) is 0.505. The number of rotatable bonds is 7. The Balaban J connectivity index is 1.33. The summed E-state index contributed by atoms with van der Waals surface area (Å²) in [6.07, 6.45) is 3.01. The first kappa shape index (κ1) is 22.6. The van der Waals surface area contributed by atoms with Gasteiger partial charge in [-0.2, -0.15) is 0 Å². The average Bonchev–Trinajstić information content (AvgIpc) is 3.35. The molecule has 2 heterocycles. The second-order valence-corrected chi connectivity index (χ2v) is 9.22. The van der Waals surface area contributed by atoms with Gasteiger partial charge in [-0.25, -0.2) is 4.39 Å². The predicted octanol–water partition coefficient (Wildman–Crippen LogP) is 2.91. The van der Waals surface area contributed by atoms with E-state index in [4.69, 9.17) is 11.6 Å². The second kappa shape index (κ2) is 8.85. The van der Waals surface area contributed by atoms with E-state index in [2.05, 4.69) is 5.32 Å². The van der Waals surface area contributed by atoms with Crippen LogP contribution in [0.1, 0.15) is 28.8 Å². The number of hydrogen-bond acceptors (Lipinski definition) is 4. The Hall–Kier alpha value is -3.23. The molecule has 2 amide bonds. The molecule has 1 aromatic heterocycles. The zero-order valence-electron chi connectivity index (χ0n) is 18.2. The molecule has 7 nitrogen and oxygen atoms in total. The molecule has 2 fully saturated rings. The molecule has 0 radical (unpaired) electrons. The number of likely N-dealkylation sites (tertiary alicyclic amines) is 1. The van der Waals surface area contributed by atoms with E-state index in [-0.39, 0.29) is 47.4 Å². The van der Waals surface area contributed by atoms with Crippen molar-refractivity contribution in [3.63, 3.8) is 0 Å². The van der Waals surface area contributed by atoms with Crippen molar-refractivity contribution in [2.75, 3.05) is 6.61 Å². The highest BCUT2D eigenvalue weighted by Crippen LogP contribution is 2.48. The third-order valence-corrected chi connectivity index (χ3v) is 7.01. The van der Waals surface area contributed by atoms with Crippen LogP contribution in [0.2, 0.25) is 5.02 Å². The van der Waals surface area contributed by atoms with Crippen LogP contribution in [0.4, 0.5) is 4.39 Å². The number of fused-ring (bicyclic) bond motifs is 2. The van der Waals surface area contributed by atoms with Gasteiger partial charge in [0.15, 0.2) is 5.78 Å². The molecular formula is C25H23ClFN3O4. The van der Waals surface area contributed by atoms with Gasteiger partial charge in [0.05, 0.1) is 5.02 Å². The van der Waals surface area contributed by atoms with Gasteiger partial charge in [0.25, 0.3) is 0 Å². The van der Waals surface area contributed by atoms with Crippen molar-refractivity contribution in [3.8, 4) is 0 Å². The molecule has 1 saturated heterocycles. The summed E-state index contributed by atoms with van der Waals surface area (Å²) in [5, 5.41) is 12.7. The number of para-hydroxylation sites is 1. The number of carbonyl (C=O) groups is 3. The number of hydrogen-bond donors (Lipinski definition) is 2. The van der Waals surface area contributed by atoms with Gasteiger partial charge in [-0.05, 0) is 30.9 Å². The fourth-order valence-corrected chi connectivity index (χ4v) is 5.14. The molecule has 2 aromatic carbocycles. The van der Waals surface area contributed by atoms with Crippen LogP contribution in [0.3, 0.4) is 0 Å². The lowest BCUT2D eigenvalue weighted by Gasteiger charge is -2.27. The smallest absolute Gasteiger partial charge is 0.243 e. The van der Waals surface area contributed by atoms with E-state index in [1.165, 1.54) is 6.07 Å². The second-order valence-electron chi connectivity index (χ2n) is 8.82. The number of benzene rings is 2. The number of aliphatic hydroxyl groups is 1. The van der Waals surface area contributed by atoms with E-state index in [1.807, 2.05) is 12.1 Å². The maximum absolute atomic E-state index is 14.2. The fourth-order valence-electron chi connectivity index (χ4n) is 4.95. The first-order valence-corrected chi connectivity index (χ1v) is 11.5. The van der Waals surface area contributed by atoms with Gasteiger partial charge < -0.3 is 19.9 Å². The zero-order valence-corrected chi connectivity index (χ0v) is 19.0. The van der Waals surface area contributed by atoms with Crippen molar-refractivity contribution in [1.29, 1.82) is 0 Å². The number of nitrogens with zero attached hydrogens (tertiary/aromatic N) is 2. The highest BCUT2D eigenvalue weighted by Gasteiger charge is 2.55. The van der Waals surface area contributed by atoms with Crippen LogP contribution in [0.5, 0.6) is 0 Å². The minimum Gasteiger partial charge on any atom is -0.388 e. The minimum atomic E-state index is -0.626. The van der Waals surface area contributed by atoms with Gasteiger partial charge in [-0.15, -0.1) is 0 Å². The molecule has 2 aliphatic rings. The molecule has 2 N–H and O–H groups in total. The van der Waals surface area contributed by atoms with Crippen LogP contribution in [-0.2, 0) is 22.7 Å². The van der Waals surface area contributed by atoms with Crippen molar-refractivity contribution in [3.05, 3.63) is 70.6 Å². The Kier molecular flexibility index (Phi) is 5.87. The largest absolute Gasteiger partial charge is 0.388 e. The van der Waals surface area contributed by atoms with Crippen LogP contribution in [0.15, 0.2) is 48.7 Å². The number of ketones is 1. The summed E-state index contributed by atoms with van der Waals surface area (Å²) in [5.41, 5.74) is 1.34. The van der Waals surface area contributed by atoms with Crippen LogP contribution < -0.4 is 5.32 Å². The molecule has 3 atom stereocenters. The van der Waals surface area contributed by atoms with Crippen LogP contribution in [0.25, 0.3) is 10.9 Å². The van der Waals surface area contributed by atoms with Crippen LogP contribution in [0, 0.1) is 11.7 Å². The molecular weight excluding hydrogens is 461 g/mol. The number of piperidine rings is 1. The van der Waals surface area contributed by atoms with Crippen molar-refractivity contribution >= 4 is 40.1 Å². The van der Waals surface area contributed by atoms with Crippen molar-refractivity contribution in [2.24, 2.45) is 5.92 Å². The summed E-state index contributed by atoms with van der Waals surface area (Å²) in [6.45, 7) is -0.670. The lowest BCUT2D eigenvalue weighted by Crippen LogP contribution is -2.48. The van der Waals surface area contributed by atoms with E-state index in [9.17, 15) is 23.9 Å². The number of amides is 2. The molecule has 1 aliphatic heterocycles. The third-order valence-electron chi connectivity index (χ3n) is 6.72. The Morgan fingerprint density at radius 1 is 1.12 bits per heavy atom. The lowest BCUT2D eigenvalue weighted by molar-refractivity contribution is -0.140. The van der Waals surface area contributed by atoms with Gasteiger partial charge in [0.2, 0.25) is 11.8 Å². The molecule has 0 unspecified atom stereocenters. The molecule has 0 spiro atoms. The highest BCUT2D eigenvalue weighted by atomic mass is 35.5. The van der Waals surface area contributed by atoms with Crippen LogP contribution in [-0.4, -0.2) is 50.9 Å². The van der Waals surface area contributed by atoms with Crippen molar-refractivity contribution < 1.29 is 23.9 Å². The molecule has 1 saturated carbocycles. The van der Waals surface area contributed by atoms with Gasteiger partial charge in [-0.3, -0.25) is 14.4 Å². The Labute approximate surface area is 200 Å². The lowest BCUT2D eigenvalue weighted by atomic mass is 10.1. The summed E-state index contributed by atoms with van der Waals surface area (Å²) in [7, 11) is 0. The van der Waals surface area contributed by atoms with Crippen molar-refractivity contribution in [1.82, 2.24) is 14.8 Å². The SMILES string of the molecule is O=C(CO)c1cn(CC(=O)N2[C@@H]3C[C@@H]3C[C@H]2C(=O)NCc2cccc(Cl)c2F)c2ccccc12. The standard InChI is InChI=1S/C25H23ClFN3O4/c26-18-6-3-4-14(24(18)27)10-28-25(34)21-9-15-8-20(15)30(21)23(33)12-29-11-17(22(32)13-31)16-5-1-2-7-19(16)29/h1-7,11,15,20-21,31H,8-10,12-13H2,(H,28,34)/t15-,20-,21+/m1/s1. The van der Waals surface area contributed by atoms with E-state index >= 15 is 0 Å². The van der Waals surface area contributed by atoms with E-state index in [0.29, 0.717) is 22.9 Å². The summed E-state index contributed by atoms with van der Waals surface area (Å²) < 4.78 is 15.9. The van der Waals surface area contributed by atoms with Crippen molar-refractivity contribution in [2.45, 2.75) is 38.0 Å². The summed E-state index contributed by atoms with van der Waals surface area (Å²) in [4.78, 5) is 40.1. The summed E-state index contributed by atoms with van der Waals surface area (Å²) in [5.74, 6) is -1.25. The van der Waals surface area contributed by atoms with Gasteiger partial charge >= 0.3 is 0 Å². The first-order valence-electron chi connectivity index (χ1n) is 11.1. The Bertz CT molecular complexity index is 1310. The molecule has 5 rings (SSSR count). The summed E-state index contributed by atoms with van der Waals surface area (Å²) in [6, 6.07) is 11.2. The Morgan fingerprint density at radius 3 is 2.71 bits per heavy atom. The number of aliphatic hydroxyl groups excluding tert-OH is 1. The van der Waals surface area contributed by atoms with Gasteiger partial charge in [-0.1, -0.05) is 41.9 Å². The summed E-state index contributed by atoms with van der Waals surface area (Å²) >= 11 is 5.82. The fraction of sp³-hybridized carbons (Fsp3) is 0.320. The number of carbonyl (C=O) groups excluding carboxylic acids is 3. The Morgan fingerprint density at radius 2 is 1.91 bits per heavy atom. The maximum atomic E-state index is 14.2. The van der Waals surface area contributed by atoms with E-state index < -0.39 is 24.2 Å². The molecule has 1 aliphatic carbocycles. The average molecular weight is 484 g/mol. The minimum absolute atomic E-state index is 0.0105. The first-order chi connectivity index (χ1) is 16.4. The number of nitrogens with one attached hydrogen (secondary N) is 1. The molecule has 176 valence electrons. The molecule has 3 aromatic rings. The van der Waals surface area contributed by atoms with E-state index in [1.54, 1.807) is 39.9 Å². The van der Waals surface area contributed by atoms with Gasteiger partial charge in [0, 0.05) is 40.8 Å². The van der Waals surface area contributed by atoms with E-state index in [0.717, 1.165) is 6.42 Å². The molecule has 34 heavy (non-hydrogen) atoms. The highest BCUT2D eigenvalue weighted by molar-refractivity contribution is 6.30. The normalized spacial score (nSPS) is 20.9. The third kappa shape index (κ3) is 3.97. The predicted molar refractivity (Wildman–Crippen MR) is 124 cm³/mol. The topological polar surface area (TPSA) is 91.6 Å². The number of halogens is 2. The van der Waals surface area contributed by atoms with Gasteiger partial charge in [0.1, 0.15) is 25.0 Å². The number of Topliss-reactive ketones (excluding diaryl/α,β-unsaturated/α-hetero) is 1.